The maximum absolute atomic E-state index is 5.98. The fourth-order valence-corrected chi connectivity index (χ4v) is 3.16. The molecule has 30 heavy (non-hydrogen) atoms. The predicted molar refractivity (Wildman–Crippen MR) is 129 cm³/mol. The largest absolute Gasteiger partial charge is 0.459 e. The van der Waals surface area contributed by atoms with Gasteiger partial charge >= 0.3 is 0 Å². The second-order valence-corrected chi connectivity index (χ2v) is 6.67. The number of pyridine rings is 1. The van der Waals surface area contributed by atoms with Gasteiger partial charge in [0, 0.05) is 36.1 Å². The minimum atomic E-state index is 0. The Morgan fingerprint density at radius 1 is 1.13 bits per heavy atom. The van der Waals surface area contributed by atoms with Crippen LogP contribution in [0.3, 0.4) is 0 Å². The second-order valence-electron chi connectivity index (χ2n) is 6.67. The average Bonchev–Trinajstić information content (AvgIpc) is 3.39. The number of aliphatic imine (C=N–C) groups is 1. The molecule has 0 spiro atoms. The maximum atomic E-state index is 5.98. The first-order valence-electron chi connectivity index (χ1n) is 9.68. The number of para-hydroxylation sites is 1. The summed E-state index contributed by atoms with van der Waals surface area (Å²) in [6.45, 7) is 6.01. The molecule has 4 aromatic rings. The maximum Gasteiger partial charge on any atom is 0.191 e. The number of guanidine groups is 1. The minimum absolute atomic E-state index is 0. The second kappa shape index (κ2) is 10.2. The number of rotatable bonds is 6. The fraction of sp³-hybridized carbons (Fsp3) is 0.227. The molecule has 1 aromatic carbocycles. The van der Waals surface area contributed by atoms with Crippen molar-refractivity contribution < 1.29 is 4.42 Å². The van der Waals surface area contributed by atoms with Crippen molar-refractivity contribution in [2.24, 2.45) is 4.99 Å². The van der Waals surface area contributed by atoms with Crippen LogP contribution in [0.4, 0.5) is 0 Å². The summed E-state index contributed by atoms with van der Waals surface area (Å²) in [5, 5.41) is 12.0. The Kier molecular flexibility index (Phi) is 7.45. The van der Waals surface area contributed by atoms with E-state index in [4.69, 9.17) is 9.41 Å². The Labute approximate surface area is 192 Å². The zero-order chi connectivity index (χ0) is 20.1. The van der Waals surface area contributed by atoms with E-state index in [1.54, 1.807) is 17.1 Å². The number of nitrogens with one attached hydrogen (secondary N) is 2. The van der Waals surface area contributed by atoms with E-state index in [0.29, 0.717) is 13.1 Å². The van der Waals surface area contributed by atoms with E-state index in [1.807, 2.05) is 49.5 Å². The predicted octanol–water partition coefficient (Wildman–Crippen LogP) is 4.20. The van der Waals surface area contributed by atoms with Gasteiger partial charge in [0.15, 0.2) is 11.8 Å². The molecule has 0 atom stereocenters. The Hall–Kier alpha value is -2.88. The number of furan rings is 1. The lowest BCUT2D eigenvalue weighted by atomic mass is 10.1. The van der Waals surface area contributed by atoms with E-state index in [1.165, 1.54) is 0 Å². The third kappa shape index (κ3) is 4.99. The van der Waals surface area contributed by atoms with Crippen molar-refractivity contribution in [3.8, 4) is 5.82 Å². The van der Waals surface area contributed by atoms with Gasteiger partial charge in [0.25, 0.3) is 0 Å². The van der Waals surface area contributed by atoms with Crippen molar-refractivity contribution in [2.75, 3.05) is 6.54 Å². The van der Waals surface area contributed by atoms with E-state index >= 15 is 0 Å². The number of hydrogen-bond donors (Lipinski definition) is 2. The van der Waals surface area contributed by atoms with Gasteiger partial charge in [-0.25, -0.2) is 14.7 Å². The van der Waals surface area contributed by atoms with E-state index in [0.717, 1.165) is 46.2 Å². The number of aryl methyl sites for hydroxylation is 1. The number of fused-ring (bicyclic) bond motifs is 1. The zero-order valence-electron chi connectivity index (χ0n) is 17.0. The summed E-state index contributed by atoms with van der Waals surface area (Å²) >= 11 is 0. The van der Waals surface area contributed by atoms with Gasteiger partial charge in [0.1, 0.15) is 11.3 Å². The Morgan fingerprint density at radius 3 is 2.77 bits per heavy atom. The average molecular weight is 516 g/mol. The smallest absolute Gasteiger partial charge is 0.191 e. The summed E-state index contributed by atoms with van der Waals surface area (Å²) in [6, 6.07) is 13.9. The SMILES string of the molecule is CCNC(=NCc1ccnc(-n2cccn2)c1)NCc1oc2ccccc2c1C.I. The van der Waals surface area contributed by atoms with Gasteiger partial charge in [-0.2, -0.15) is 5.10 Å². The van der Waals surface area contributed by atoms with Crippen molar-refractivity contribution >= 4 is 40.9 Å². The van der Waals surface area contributed by atoms with Crippen LogP contribution in [-0.2, 0) is 13.1 Å². The van der Waals surface area contributed by atoms with Crippen molar-refractivity contribution in [3.05, 3.63) is 77.9 Å². The van der Waals surface area contributed by atoms with E-state index in [-0.39, 0.29) is 24.0 Å². The Morgan fingerprint density at radius 2 is 2.00 bits per heavy atom. The highest BCUT2D eigenvalue weighted by Crippen LogP contribution is 2.24. The van der Waals surface area contributed by atoms with E-state index < -0.39 is 0 Å². The lowest BCUT2D eigenvalue weighted by Gasteiger charge is -2.11. The summed E-state index contributed by atoms with van der Waals surface area (Å²) in [6.07, 6.45) is 5.39. The molecule has 3 aromatic heterocycles. The molecule has 0 aliphatic rings. The van der Waals surface area contributed by atoms with Gasteiger partial charge in [-0.05, 0) is 43.7 Å². The normalized spacial score (nSPS) is 11.3. The molecule has 4 rings (SSSR count). The van der Waals surface area contributed by atoms with Crippen molar-refractivity contribution in [1.29, 1.82) is 0 Å². The molecule has 0 aliphatic heterocycles. The van der Waals surface area contributed by atoms with Gasteiger partial charge in [-0.15, -0.1) is 24.0 Å². The van der Waals surface area contributed by atoms with Crippen LogP contribution in [0.5, 0.6) is 0 Å². The third-order valence-corrected chi connectivity index (χ3v) is 4.67. The molecule has 0 saturated carbocycles. The van der Waals surface area contributed by atoms with Gasteiger partial charge < -0.3 is 15.1 Å². The quantitative estimate of drug-likeness (QED) is 0.228. The van der Waals surface area contributed by atoms with Gasteiger partial charge in [-0.3, -0.25) is 0 Å². The number of aromatic nitrogens is 3. The van der Waals surface area contributed by atoms with E-state index in [9.17, 15) is 0 Å². The summed E-state index contributed by atoms with van der Waals surface area (Å²) in [5.74, 6) is 2.44. The molecule has 0 unspecified atom stereocenters. The van der Waals surface area contributed by atoms with Crippen molar-refractivity contribution in [1.82, 2.24) is 25.4 Å². The number of hydrogen-bond acceptors (Lipinski definition) is 4. The minimum Gasteiger partial charge on any atom is -0.459 e. The molecule has 0 saturated heterocycles. The molecule has 0 aliphatic carbocycles. The monoisotopic (exact) mass is 516 g/mol. The van der Waals surface area contributed by atoms with Crippen LogP contribution in [0, 0.1) is 6.92 Å². The Balaban J connectivity index is 0.00000256. The van der Waals surface area contributed by atoms with Crippen LogP contribution in [-0.4, -0.2) is 27.3 Å². The van der Waals surface area contributed by atoms with Crippen LogP contribution in [0.2, 0.25) is 0 Å². The summed E-state index contributed by atoms with van der Waals surface area (Å²) < 4.78 is 7.72. The molecule has 0 amide bonds. The first-order valence-corrected chi connectivity index (χ1v) is 9.68. The summed E-state index contributed by atoms with van der Waals surface area (Å²) in [7, 11) is 0. The fourth-order valence-electron chi connectivity index (χ4n) is 3.16. The highest BCUT2D eigenvalue weighted by atomic mass is 127. The molecule has 0 fully saturated rings. The first-order chi connectivity index (χ1) is 14.2. The molecule has 0 bridgehead atoms. The number of halogens is 1. The molecule has 8 heteroatoms. The van der Waals surface area contributed by atoms with Gasteiger partial charge in [-0.1, -0.05) is 18.2 Å². The van der Waals surface area contributed by atoms with Crippen LogP contribution in [0.1, 0.15) is 23.8 Å². The van der Waals surface area contributed by atoms with Gasteiger partial charge in [0.05, 0.1) is 13.1 Å². The molecule has 156 valence electrons. The van der Waals surface area contributed by atoms with Gasteiger partial charge in [0.2, 0.25) is 0 Å². The van der Waals surface area contributed by atoms with Crippen LogP contribution in [0.15, 0.2) is 70.5 Å². The molecule has 7 nitrogen and oxygen atoms in total. The van der Waals surface area contributed by atoms with Crippen molar-refractivity contribution in [3.63, 3.8) is 0 Å². The zero-order valence-corrected chi connectivity index (χ0v) is 19.3. The standard InChI is InChI=1S/C22H24N6O.HI/c1-3-23-22(26-15-20-16(2)18-7-4-5-8-19(18)29-20)25-14-17-9-11-24-21(13-17)28-12-6-10-27-28;/h4-13H,3,14-15H2,1-2H3,(H2,23,25,26);1H. The molecular weight excluding hydrogens is 491 g/mol. The lowest BCUT2D eigenvalue weighted by Crippen LogP contribution is -2.36. The topological polar surface area (TPSA) is 80.3 Å². The summed E-state index contributed by atoms with van der Waals surface area (Å²) in [4.78, 5) is 9.06. The lowest BCUT2D eigenvalue weighted by molar-refractivity contribution is 0.534. The van der Waals surface area contributed by atoms with Crippen molar-refractivity contribution in [2.45, 2.75) is 26.9 Å². The number of benzene rings is 1. The molecule has 3 heterocycles. The molecule has 2 N–H and O–H groups in total. The van der Waals surface area contributed by atoms with Crippen LogP contribution < -0.4 is 10.6 Å². The highest BCUT2D eigenvalue weighted by Gasteiger charge is 2.10. The molecular formula is C22H25IN6O. The first kappa shape index (κ1) is 21.8. The van der Waals surface area contributed by atoms with E-state index in [2.05, 4.69) is 33.7 Å². The molecule has 0 radical (unpaired) electrons. The van der Waals surface area contributed by atoms with Crippen LogP contribution >= 0.6 is 24.0 Å². The third-order valence-electron chi connectivity index (χ3n) is 4.67. The van der Waals surface area contributed by atoms with Crippen LogP contribution in [0.25, 0.3) is 16.8 Å². The number of nitrogens with zero attached hydrogens (tertiary/aromatic N) is 4. The Bertz CT molecular complexity index is 1120. The highest BCUT2D eigenvalue weighted by molar-refractivity contribution is 14.0. The summed E-state index contributed by atoms with van der Waals surface area (Å²) in [5.41, 5.74) is 3.12.